The lowest BCUT2D eigenvalue weighted by Crippen LogP contribution is -2.71. The average molecular weight is 636 g/mol. The van der Waals surface area contributed by atoms with Crippen LogP contribution in [-0.2, 0) is 37.6 Å². The molecule has 2 amide bonds. The van der Waals surface area contributed by atoms with Gasteiger partial charge in [0.1, 0.15) is 33.5 Å². The number of halogens is 1. The monoisotopic (exact) mass is 635 g/mol. The summed E-state index contributed by atoms with van der Waals surface area (Å²) in [7, 11) is 1.75. The highest BCUT2D eigenvalue weighted by Gasteiger charge is 2.53. The first-order chi connectivity index (χ1) is 19.9. The Labute approximate surface area is 249 Å². The molecule has 2 aliphatic rings. The number of amides is 2. The minimum absolute atomic E-state index is 0.00809. The summed E-state index contributed by atoms with van der Waals surface area (Å²) >= 11 is 8.22. The van der Waals surface area contributed by atoms with Crippen LogP contribution in [0.5, 0.6) is 0 Å². The molecule has 0 radical (unpaired) electrons. The maximum absolute atomic E-state index is 13.2. The number of hydrogen-bond acceptors (Lipinski definition) is 13. The number of aromatic nitrogens is 4. The summed E-state index contributed by atoms with van der Waals surface area (Å²) in [5.74, 6) is -4.08. The molecule has 0 saturated carbocycles. The number of anilines is 2. The van der Waals surface area contributed by atoms with Gasteiger partial charge in [0.2, 0.25) is 6.10 Å². The number of thioether (sulfide) groups is 1. The minimum Gasteiger partial charge on any atom is -0.543 e. The number of aryl methyl sites for hydroxylation is 1. The lowest BCUT2D eigenvalue weighted by atomic mass is 10.0. The van der Waals surface area contributed by atoms with E-state index in [-0.39, 0.29) is 39.1 Å². The number of fused-ring (bicyclic) bond motifs is 2. The van der Waals surface area contributed by atoms with Gasteiger partial charge in [-0.1, -0.05) is 28.1 Å². The molecule has 0 aromatic carbocycles. The van der Waals surface area contributed by atoms with E-state index in [1.807, 2.05) is 6.07 Å². The Morgan fingerprint density at radius 2 is 2.12 bits per heavy atom. The molecule has 19 heteroatoms. The lowest BCUT2D eigenvalue weighted by Gasteiger charge is -2.50. The van der Waals surface area contributed by atoms with E-state index >= 15 is 0 Å². The van der Waals surface area contributed by atoms with Crippen molar-refractivity contribution in [3.05, 3.63) is 39.6 Å². The second kappa shape index (κ2) is 11.1. The van der Waals surface area contributed by atoms with E-state index in [2.05, 4.69) is 20.4 Å². The molecule has 220 valence electrons. The van der Waals surface area contributed by atoms with Crippen LogP contribution in [0.4, 0.5) is 11.1 Å². The van der Waals surface area contributed by atoms with Gasteiger partial charge in [0.15, 0.2) is 10.8 Å². The van der Waals surface area contributed by atoms with E-state index in [1.165, 1.54) is 18.7 Å². The number of carbonyl (C=O) groups is 4. The molecule has 42 heavy (non-hydrogen) atoms. The fourth-order valence-electron chi connectivity index (χ4n) is 4.39. The van der Waals surface area contributed by atoms with Gasteiger partial charge in [0, 0.05) is 18.4 Å². The van der Waals surface area contributed by atoms with Crippen LogP contribution in [0.2, 0.25) is 4.34 Å². The number of nitrogens with two attached hydrogens (primary N) is 2. The standard InChI is InChI=1S/C23H22ClN9O7S2/c1-8(20(36)37)40-30-12(11-15(24)42-23(26)28-11)17(34)27-13-18(35)33-14(21(38)39)9(7-41-19(13)33)6-32-5-3-4-10-16(32)29-22(25)31(10)2/h3-5,8,13,19,25H,6-7H2,1-2H3,(H5,26,27,28,34,36,37,38,39)/b30-12-/t8-,13+,19?/m0/s1. The third-order valence-electron chi connectivity index (χ3n) is 6.53. The zero-order chi connectivity index (χ0) is 30.5. The summed E-state index contributed by atoms with van der Waals surface area (Å²) in [4.78, 5) is 64.1. The quantitative estimate of drug-likeness (QED) is 0.0903. The first-order valence-corrected chi connectivity index (χ1v) is 14.3. The van der Waals surface area contributed by atoms with Crippen molar-refractivity contribution in [3.63, 3.8) is 0 Å². The largest absolute Gasteiger partial charge is 0.543 e. The third-order valence-corrected chi connectivity index (χ3v) is 8.95. The van der Waals surface area contributed by atoms with Gasteiger partial charge in [-0.3, -0.25) is 19.1 Å². The predicted octanol–water partition coefficient (Wildman–Crippen LogP) is -1.57. The number of carbonyl (C=O) groups excluding carboxylic acids is 3. The zero-order valence-corrected chi connectivity index (χ0v) is 24.2. The van der Waals surface area contributed by atoms with Gasteiger partial charge < -0.3 is 36.6 Å². The van der Waals surface area contributed by atoms with Crippen molar-refractivity contribution in [2.45, 2.75) is 31.0 Å². The number of aliphatic carboxylic acids is 2. The van der Waals surface area contributed by atoms with Crippen LogP contribution >= 0.6 is 34.7 Å². The summed E-state index contributed by atoms with van der Waals surface area (Å²) < 4.78 is 3.39. The predicted molar refractivity (Wildman–Crippen MR) is 149 cm³/mol. The number of oxime groups is 1. The highest BCUT2D eigenvalue weighted by Crippen LogP contribution is 2.40. The molecule has 3 aromatic rings. The van der Waals surface area contributed by atoms with Crippen molar-refractivity contribution >= 4 is 86.4 Å². The fourth-order valence-corrected chi connectivity index (χ4v) is 6.65. The summed E-state index contributed by atoms with van der Waals surface area (Å²) in [5.41, 5.74) is 12.3. The molecule has 1 fully saturated rings. The molecular formula is C23H22ClN9O7S2. The molecule has 0 bridgehead atoms. The first kappa shape index (κ1) is 29.1. The van der Waals surface area contributed by atoms with E-state index < -0.39 is 47.0 Å². The molecule has 1 unspecified atom stereocenters. The van der Waals surface area contributed by atoms with Crippen molar-refractivity contribution in [3.8, 4) is 0 Å². The maximum atomic E-state index is 13.2. The van der Waals surface area contributed by atoms with Gasteiger partial charge in [0.05, 0.1) is 17.9 Å². The minimum atomic E-state index is -1.55. The molecular weight excluding hydrogens is 614 g/mol. The normalized spacial score (nSPS) is 19.4. The van der Waals surface area contributed by atoms with Crippen molar-refractivity contribution in [1.29, 1.82) is 0 Å². The maximum Gasteiger partial charge on any atom is 0.351 e. The Kier molecular flexibility index (Phi) is 7.69. The molecule has 16 nitrogen and oxygen atoms in total. The summed E-state index contributed by atoms with van der Waals surface area (Å²) in [6, 6.07) is 2.44. The van der Waals surface area contributed by atoms with Crippen LogP contribution in [-0.4, -0.2) is 77.3 Å². The van der Waals surface area contributed by atoms with Crippen LogP contribution < -0.4 is 26.5 Å². The molecule has 3 atom stereocenters. The Balaban J connectivity index is 1.40. The van der Waals surface area contributed by atoms with E-state index in [1.54, 1.807) is 28.4 Å². The number of thiazole rings is 1. The number of hydrogen-bond donors (Lipinski definition) is 4. The Morgan fingerprint density at radius 3 is 2.76 bits per heavy atom. The molecule has 0 spiro atoms. The number of carboxylic acid groups (broad SMARTS) is 2. The van der Waals surface area contributed by atoms with Gasteiger partial charge in [-0.15, -0.1) is 11.8 Å². The molecule has 5 rings (SSSR count). The van der Waals surface area contributed by atoms with Gasteiger partial charge in [-0.25, -0.2) is 14.3 Å². The number of nitrogens with one attached hydrogen (secondary N) is 1. The van der Waals surface area contributed by atoms with Crippen LogP contribution in [0, 0.1) is 0 Å². The number of carboxylic acids is 2. The number of nitrogens with zero attached hydrogens (tertiary/aromatic N) is 6. The molecule has 1 saturated heterocycles. The summed E-state index contributed by atoms with van der Waals surface area (Å²) in [6.07, 6.45) is 0.300. The van der Waals surface area contributed by atoms with Crippen molar-refractivity contribution < 1.29 is 38.8 Å². The molecule has 3 aromatic heterocycles. The van der Waals surface area contributed by atoms with Crippen LogP contribution in [0.25, 0.3) is 11.2 Å². The Hall–Kier alpha value is -4.42. The van der Waals surface area contributed by atoms with Gasteiger partial charge in [-0.05, 0) is 24.0 Å². The zero-order valence-electron chi connectivity index (χ0n) is 21.8. The first-order valence-electron chi connectivity index (χ1n) is 12.1. The SMILES string of the molecule is C[C@H](O/N=C(\C(=O)N[C@@H]1C(=O)N2C(C(=O)[O-])=C(C[n+]3cccc4c3nc(N)n4C)CSC12)c1nc(N)sc1Cl)C(=O)O. The van der Waals surface area contributed by atoms with Gasteiger partial charge >= 0.3 is 17.6 Å². The van der Waals surface area contributed by atoms with Crippen molar-refractivity contribution in [2.24, 2.45) is 12.2 Å². The molecule has 0 aliphatic carbocycles. The summed E-state index contributed by atoms with van der Waals surface area (Å²) in [5, 5.41) is 26.7. The molecule has 6 N–H and O–H groups in total. The van der Waals surface area contributed by atoms with E-state index in [0.29, 0.717) is 11.2 Å². The van der Waals surface area contributed by atoms with Crippen LogP contribution in [0.15, 0.2) is 34.8 Å². The number of rotatable bonds is 9. The Bertz CT molecular complexity index is 1720. The molecule has 2 aliphatic heterocycles. The van der Waals surface area contributed by atoms with Crippen LogP contribution in [0.3, 0.4) is 0 Å². The van der Waals surface area contributed by atoms with Gasteiger partial charge in [-0.2, -0.15) is 0 Å². The smallest absolute Gasteiger partial charge is 0.351 e. The topological polar surface area (TPSA) is 235 Å². The fraction of sp³-hybridized carbons (Fsp3) is 0.304. The second-order valence-corrected chi connectivity index (χ2v) is 11.9. The van der Waals surface area contributed by atoms with Crippen molar-refractivity contribution in [2.75, 3.05) is 17.2 Å². The highest BCUT2D eigenvalue weighted by molar-refractivity contribution is 8.00. The van der Waals surface area contributed by atoms with E-state index in [9.17, 15) is 24.3 Å². The van der Waals surface area contributed by atoms with Crippen LogP contribution in [0.1, 0.15) is 12.6 Å². The third kappa shape index (κ3) is 5.07. The Morgan fingerprint density at radius 1 is 1.38 bits per heavy atom. The van der Waals surface area contributed by atoms with E-state index in [0.717, 1.165) is 21.8 Å². The van der Waals surface area contributed by atoms with Crippen molar-refractivity contribution in [1.82, 2.24) is 24.8 Å². The second-order valence-electron chi connectivity index (χ2n) is 9.17. The molecule has 5 heterocycles. The number of imidazole rings is 1. The number of pyridine rings is 1. The average Bonchev–Trinajstić information content (AvgIpc) is 3.43. The van der Waals surface area contributed by atoms with E-state index in [4.69, 9.17) is 33.0 Å². The number of β-lactam (4-membered cyclic amide) rings is 1. The summed E-state index contributed by atoms with van der Waals surface area (Å²) in [6.45, 7) is 1.29. The lowest BCUT2D eigenvalue weighted by molar-refractivity contribution is -0.664. The van der Waals surface area contributed by atoms with Gasteiger partial charge in [0.25, 0.3) is 11.8 Å². The number of nitrogen functional groups attached to an aromatic ring is 2. The highest BCUT2D eigenvalue weighted by atomic mass is 35.5.